The Labute approximate surface area is 115 Å². The van der Waals surface area contributed by atoms with Gasteiger partial charge in [0, 0.05) is 18.8 Å². The lowest BCUT2D eigenvalue weighted by Gasteiger charge is -2.34. The van der Waals surface area contributed by atoms with Crippen LogP contribution < -0.4 is 5.32 Å². The van der Waals surface area contributed by atoms with Crippen molar-refractivity contribution in [2.45, 2.75) is 25.3 Å². The molecule has 5 heteroatoms. The second-order valence-electron chi connectivity index (χ2n) is 4.91. The number of nitrogens with zero attached hydrogens (tertiary/aromatic N) is 1. The van der Waals surface area contributed by atoms with E-state index >= 15 is 0 Å². The highest BCUT2D eigenvalue weighted by molar-refractivity contribution is 7.22. The van der Waals surface area contributed by atoms with Crippen molar-refractivity contribution in [1.29, 1.82) is 0 Å². The lowest BCUT2D eigenvalue weighted by Crippen LogP contribution is -2.40. The summed E-state index contributed by atoms with van der Waals surface area (Å²) in [7, 11) is 0. The summed E-state index contributed by atoms with van der Waals surface area (Å²) in [4.78, 5) is 4.60. The Morgan fingerprint density at radius 3 is 2.89 bits per heavy atom. The molecule has 1 aromatic heterocycles. The first-order valence-corrected chi connectivity index (χ1v) is 7.27. The van der Waals surface area contributed by atoms with E-state index in [1.54, 1.807) is 11.3 Å². The monoisotopic (exact) mass is 282 g/mol. The van der Waals surface area contributed by atoms with E-state index < -0.39 is 0 Å². The van der Waals surface area contributed by atoms with E-state index in [1.165, 1.54) is 0 Å². The maximum atomic E-state index is 6.17. The summed E-state index contributed by atoms with van der Waals surface area (Å²) in [5, 5.41) is 5.26. The third-order valence-electron chi connectivity index (χ3n) is 3.37. The van der Waals surface area contributed by atoms with Crippen molar-refractivity contribution in [2.75, 3.05) is 18.5 Å². The predicted molar refractivity (Wildman–Crippen MR) is 76.7 cm³/mol. The number of fused-ring (bicyclic) bond motifs is 1. The van der Waals surface area contributed by atoms with Crippen LogP contribution in [-0.2, 0) is 4.74 Å². The van der Waals surface area contributed by atoms with Gasteiger partial charge in [-0.3, -0.25) is 0 Å². The molecule has 0 atom stereocenters. The lowest BCUT2D eigenvalue weighted by molar-refractivity contribution is 0.0658. The molecule has 1 N–H and O–H groups in total. The van der Waals surface area contributed by atoms with Crippen molar-refractivity contribution in [1.82, 2.24) is 4.98 Å². The number of halogens is 1. The highest BCUT2D eigenvalue weighted by Gasteiger charge is 2.28. The molecule has 1 aliphatic rings. The average molecular weight is 283 g/mol. The number of ether oxygens (including phenoxy) is 1. The van der Waals surface area contributed by atoms with Crippen LogP contribution in [0.5, 0.6) is 0 Å². The minimum absolute atomic E-state index is 0.0819. The number of rotatable bonds is 2. The van der Waals surface area contributed by atoms with Crippen LogP contribution in [0.15, 0.2) is 18.2 Å². The molecule has 0 aliphatic carbocycles. The standard InChI is InChI=1S/C13H15ClN2OS/c1-13(5-7-17-8-6-13)16-12-15-10-4-2-3-9(14)11(10)18-12/h2-4H,5-8H2,1H3,(H,15,16). The number of anilines is 1. The van der Waals surface area contributed by atoms with Crippen LogP contribution in [-0.4, -0.2) is 23.7 Å². The Bertz CT molecular complexity index is 563. The van der Waals surface area contributed by atoms with Gasteiger partial charge in [0.05, 0.1) is 15.2 Å². The van der Waals surface area contributed by atoms with Gasteiger partial charge in [-0.05, 0) is 31.9 Å². The summed E-state index contributed by atoms with van der Waals surface area (Å²) in [6.07, 6.45) is 2.02. The Kier molecular flexibility index (Phi) is 3.18. The molecule has 0 radical (unpaired) electrons. The van der Waals surface area contributed by atoms with E-state index in [9.17, 15) is 0 Å². The molecule has 3 rings (SSSR count). The number of aromatic nitrogens is 1. The number of hydrogen-bond donors (Lipinski definition) is 1. The molecule has 1 aliphatic heterocycles. The minimum Gasteiger partial charge on any atom is -0.381 e. The highest BCUT2D eigenvalue weighted by atomic mass is 35.5. The molecule has 0 saturated carbocycles. The number of hydrogen-bond acceptors (Lipinski definition) is 4. The molecule has 96 valence electrons. The first-order chi connectivity index (χ1) is 8.66. The summed E-state index contributed by atoms with van der Waals surface area (Å²) in [6.45, 7) is 3.85. The van der Waals surface area contributed by atoms with Gasteiger partial charge >= 0.3 is 0 Å². The smallest absolute Gasteiger partial charge is 0.184 e. The van der Waals surface area contributed by atoms with Crippen LogP contribution in [0.25, 0.3) is 10.2 Å². The Hall–Kier alpha value is -0.840. The van der Waals surface area contributed by atoms with Gasteiger partial charge in [-0.2, -0.15) is 0 Å². The van der Waals surface area contributed by atoms with Crippen LogP contribution >= 0.6 is 22.9 Å². The third-order valence-corrected chi connectivity index (χ3v) is 4.82. The number of nitrogens with one attached hydrogen (secondary N) is 1. The quantitative estimate of drug-likeness (QED) is 0.906. The normalized spacial score (nSPS) is 19.0. The maximum absolute atomic E-state index is 6.17. The van der Waals surface area contributed by atoms with Crippen molar-refractivity contribution in [2.24, 2.45) is 0 Å². The van der Waals surface area contributed by atoms with Crippen LogP contribution in [0, 0.1) is 0 Å². The lowest BCUT2D eigenvalue weighted by atomic mass is 9.93. The Morgan fingerprint density at radius 1 is 1.39 bits per heavy atom. The van der Waals surface area contributed by atoms with E-state index in [0.717, 1.165) is 46.4 Å². The van der Waals surface area contributed by atoms with E-state index in [0.29, 0.717) is 0 Å². The topological polar surface area (TPSA) is 34.2 Å². The van der Waals surface area contributed by atoms with Gasteiger partial charge in [-0.15, -0.1) is 0 Å². The van der Waals surface area contributed by atoms with Gasteiger partial charge in [0.15, 0.2) is 5.13 Å². The zero-order chi connectivity index (χ0) is 12.6. The third kappa shape index (κ3) is 2.32. The van der Waals surface area contributed by atoms with Crippen molar-refractivity contribution in [3.8, 4) is 0 Å². The fraction of sp³-hybridized carbons (Fsp3) is 0.462. The van der Waals surface area contributed by atoms with Crippen LogP contribution in [0.1, 0.15) is 19.8 Å². The minimum atomic E-state index is 0.0819. The van der Waals surface area contributed by atoms with E-state index in [-0.39, 0.29) is 5.54 Å². The Morgan fingerprint density at radius 2 is 2.17 bits per heavy atom. The SMILES string of the molecule is CC1(Nc2nc3cccc(Cl)c3s2)CCOCC1. The van der Waals surface area contributed by atoms with Gasteiger partial charge in [-0.1, -0.05) is 29.0 Å². The first-order valence-electron chi connectivity index (χ1n) is 6.07. The molecule has 0 spiro atoms. The fourth-order valence-electron chi connectivity index (χ4n) is 2.17. The fourth-order valence-corrected chi connectivity index (χ4v) is 3.48. The average Bonchev–Trinajstić information content (AvgIpc) is 2.73. The molecular formula is C13H15ClN2OS. The molecule has 1 aromatic carbocycles. The van der Waals surface area contributed by atoms with Crippen molar-refractivity contribution in [3.05, 3.63) is 23.2 Å². The highest BCUT2D eigenvalue weighted by Crippen LogP contribution is 2.34. The summed E-state index contributed by atoms with van der Waals surface area (Å²) in [6, 6.07) is 5.83. The number of thiazole rings is 1. The van der Waals surface area contributed by atoms with E-state index in [1.807, 2.05) is 18.2 Å². The second-order valence-corrected chi connectivity index (χ2v) is 6.31. The molecule has 3 nitrogen and oxygen atoms in total. The van der Waals surface area contributed by atoms with Gasteiger partial charge in [-0.25, -0.2) is 4.98 Å². The van der Waals surface area contributed by atoms with Gasteiger partial charge in [0.25, 0.3) is 0 Å². The van der Waals surface area contributed by atoms with E-state index in [2.05, 4.69) is 17.2 Å². The van der Waals surface area contributed by atoms with Crippen molar-refractivity contribution >= 4 is 38.3 Å². The second kappa shape index (κ2) is 4.68. The largest absolute Gasteiger partial charge is 0.381 e. The zero-order valence-electron chi connectivity index (χ0n) is 10.2. The number of benzene rings is 1. The van der Waals surface area contributed by atoms with Crippen LogP contribution in [0.3, 0.4) is 0 Å². The zero-order valence-corrected chi connectivity index (χ0v) is 11.8. The predicted octanol–water partition coefficient (Wildman–Crippen LogP) is 3.93. The molecule has 0 bridgehead atoms. The molecule has 0 amide bonds. The van der Waals surface area contributed by atoms with Crippen LogP contribution in [0.2, 0.25) is 5.02 Å². The van der Waals surface area contributed by atoms with Crippen LogP contribution in [0.4, 0.5) is 5.13 Å². The summed E-state index contributed by atoms with van der Waals surface area (Å²) in [5.41, 5.74) is 1.05. The molecule has 1 fully saturated rings. The maximum Gasteiger partial charge on any atom is 0.184 e. The first kappa shape index (κ1) is 12.2. The van der Waals surface area contributed by atoms with Crippen molar-refractivity contribution < 1.29 is 4.74 Å². The van der Waals surface area contributed by atoms with E-state index in [4.69, 9.17) is 16.3 Å². The van der Waals surface area contributed by atoms with Crippen molar-refractivity contribution in [3.63, 3.8) is 0 Å². The molecule has 2 aromatic rings. The molecule has 2 heterocycles. The molecule has 18 heavy (non-hydrogen) atoms. The molecular weight excluding hydrogens is 268 g/mol. The summed E-state index contributed by atoms with van der Waals surface area (Å²) < 4.78 is 6.46. The molecule has 1 saturated heterocycles. The summed E-state index contributed by atoms with van der Waals surface area (Å²) >= 11 is 7.79. The van der Waals surface area contributed by atoms with Gasteiger partial charge in [0.1, 0.15) is 0 Å². The van der Waals surface area contributed by atoms with Gasteiger partial charge < -0.3 is 10.1 Å². The summed E-state index contributed by atoms with van der Waals surface area (Å²) in [5.74, 6) is 0. The Balaban J connectivity index is 1.88. The molecule has 0 unspecified atom stereocenters. The van der Waals surface area contributed by atoms with Gasteiger partial charge in [0.2, 0.25) is 0 Å².